The van der Waals surface area contributed by atoms with Crippen molar-refractivity contribution < 1.29 is 19.0 Å². The van der Waals surface area contributed by atoms with E-state index in [0.717, 1.165) is 23.4 Å². The first-order valence-corrected chi connectivity index (χ1v) is 8.27. The Balaban J connectivity index is 2.03. The van der Waals surface area contributed by atoms with Gasteiger partial charge in [0.1, 0.15) is 17.2 Å². The summed E-state index contributed by atoms with van der Waals surface area (Å²) >= 11 is 0. The zero-order chi connectivity index (χ0) is 18.0. The second-order valence-electron chi connectivity index (χ2n) is 6.32. The van der Waals surface area contributed by atoms with Gasteiger partial charge in [0.05, 0.1) is 27.0 Å². The van der Waals surface area contributed by atoms with Gasteiger partial charge in [0.15, 0.2) is 0 Å². The number of rotatable bonds is 4. The Morgan fingerprint density at radius 1 is 0.960 bits per heavy atom. The van der Waals surface area contributed by atoms with Crippen molar-refractivity contribution in [2.45, 2.75) is 13.3 Å². The third kappa shape index (κ3) is 3.40. The minimum atomic E-state index is -0.0711. The Kier molecular flexibility index (Phi) is 4.83. The van der Waals surface area contributed by atoms with Crippen molar-refractivity contribution in [3.63, 3.8) is 0 Å². The number of anilines is 1. The Labute approximate surface area is 148 Å². The maximum atomic E-state index is 13.2. The highest BCUT2D eigenvalue weighted by molar-refractivity contribution is 6.07. The van der Waals surface area contributed by atoms with Gasteiger partial charge in [-0.15, -0.1) is 0 Å². The lowest BCUT2D eigenvalue weighted by atomic mass is 9.93. The van der Waals surface area contributed by atoms with E-state index < -0.39 is 0 Å². The Morgan fingerprint density at radius 2 is 1.60 bits per heavy atom. The summed E-state index contributed by atoms with van der Waals surface area (Å²) in [6, 6.07) is 11.1. The third-order valence-electron chi connectivity index (χ3n) is 4.49. The highest BCUT2D eigenvalue weighted by Crippen LogP contribution is 2.34. The molecule has 25 heavy (non-hydrogen) atoms. The predicted molar refractivity (Wildman–Crippen MR) is 97.1 cm³/mol. The number of nitrogens with zero attached hydrogens (tertiary/aromatic N) is 1. The zero-order valence-corrected chi connectivity index (χ0v) is 15.0. The molecule has 1 heterocycles. The average molecular weight is 341 g/mol. The molecule has 1 aliphatic heterocycles. The van der Waals surface area contributed by atoms with Crippen LogP contribution in [0.3, 0.4) is 0 Å². The van der Waals surface area contributed by atoms with E-state index in [1.807, 2.05) is 23.1 Å². The number of amides is 1. The molecule has 1 atom stereocenters. The number of hydrogen-bond acceptors (Lipinski definition) is 4. The molecule has 3 rings (SSSR count). The summed E-state index contributed by atoms with van der Waals surface area (Å²) in [5, 5.41) is 0. The molecule has 0 aliphatic carbocycles. The van der Waals surface area contributed by atoms with Gasteiger partial charge in [-0.2, -0.15) is 0 Å². The van der Waals surface area contributed by atoms with E-state index in [2.05, 4.69) is 6.92 Å². The summed E-state index contributed by atoms with van der Waals surface area (Å²) in [4.78, 5) is 15.0. The van der Waals surface area contributed by atoms with Crippen molar-refractivity contribution in [2.24, 2.45) is 5.92 Å². The van der Waals surface area contributed by atoms with Gasteiger partial charge in [-0.3, -0.25) is 4.79 Å². The molecule has 1 unspecified atom stereocenters. The highest BCUT2D eigenvalue weighted by Gasteiger charge is 2.28. The van der Waals surface area contributed by atoms with Gasteiger partial charge >= 0.3 is 0 Å². The van der Waals surface area contributed by atoms with Gasteiger partial charge in [0.2, 0.25) is 0 Å². The van der Waals surface area contributed by atoms with Gasteiger partial charge in [0, 0.05) is 24.2 Å². The van der Waals surface area contributed by atoms with E-state index in [1.54, 1.807) is 39.5 Å². The molecule has 0 spiro atoms. The topological polar surface area (TPSA) is 48.0 Å². The molecule has 5 nitrogen and oxygen atoms in total. The van der Waals surface area contributed by atoms with Crippen molar-refractivity contribution in [2.75, 3.05) is 32.8 Å². The molecule has 2 aromatic rings. The summed E-state index contributed by atoms with van der Waals surface area (Å²) in [7, 11) is 4.78. The van der Waals surface area contributed by atoms with Crippen molar-refractivity contribution in [1.82, 2.24) is 0 Å². The highest BCUT2D eigenvalue weighted by atomic mass is 16.5. The first-order valence-electron chi connectivity index (χ1n) is 8.27. The molecule has 0 saturated heterocycles. The van der Waals surface area contributed by atoms with Crippen molar-refractivity contribution in [1.29, 1.82) is 0 Å². The number of carbonyl (C=O) groups excluding carboxylic acids is 1. The molecule has 1 amide bonds. The standard InChI is InChI=1S/C20H23NO4/c1-13-7-14-5-6-16(23-2)11-19(14)21(12-13)20(22)15-8-17(24-3)10-18(9-15)25-4/h5-6,8-11,13H,7,12H2,1-4H3. The molecule has 0 aromatic heterocycles. The lowest BCUT2D eigenvalue weighted by Gasteiger charge is -2.33. The van der Waals surface area contributed by atoms with E-state index in [9.17, 15) is 4.79 Å². The van der Waals surface area contributed by atoms with Gasteiger partial charge in [-0.1, -0.05) is 13.0 Å². The average Bonchev–Trinajstić information content (AvgIpc) is 2.65. The van der Waals surface area contributed by atoms with Crippen LogP contribution in [0.15, 0.2) is 36.4 Å². The number of benzene rings is 2. The Hall–Kier alpha value is -2.69. The van der Waals surface area contributed by atoms with Crippen LogP contribution < -0.4 is 19.1 Å². The molecule has 0 radical (unpaired) electrons. The van der Waals surface area contributed by atoms with Crippen LogP contribution in [0.2, 0.25) is 0 Å². The van der Waals surface area contributed by atoms with Crippen molar-refractivity contribution >= 4 is 11.6 Å². The van der Waals surface area contributed by atoms with E-state index in [1.165, 1.54) is 0 Å². The van der Waals surface area contributed by atoms with Gasteiger partial charge in [0.25, 0.3) is 5.91 Å². The van der Waals surface area contributed by atoms with Crippen LogP contribution in [0.1, 0.15) is 22.8 Å². The molecular weight excluding hydrogens is 318 g/mol. The Morgan fingerprint density at radius 3 is 2.20 bits per heavy atom. The number of fused-ring (bicyclic) bond motifs is 1. The summed E-state index contributed by atoms with van der Waals surface area (Å²) in [6.07, 6.45) is 0.949. The number of methoxy groups -OCH3 is 3. The largest absolute Gasteiger partial charge is 0.497 e. The maximum absolute atomic E-state index is 13.2. The minimum Gasteiger partial charge on any atom is -0.497 e. The van der Waals surface area contributed by atoms with E-state index in [4.69, 9.17) is 14.2 Å². The fraction of sp³-hybridized carbons (Fsp3) is 0.350. The van der Waals surface area contributed by atoms with E-state index >= 15 is 0 Å². The molecular formula is C20H23NO4. The molecule has 132 valence electrons. The summed E-state index contributed by atoms with van der Waals surface area (Å²) in [5.74, 6) is 2.25. The molecule has 1 aliphatic rings. The van der Waals surface area contributed by atoms with Crippen LogP contribution in [0.5, 0.6) is 17.2 Å². The van der Waals surface area contributed by atoms with E-state index in [-0.39, 0.29) is 5.91 Å². The SMILES string of the molecule is COc1cc(OC)cc(C(=O)N2CC(C)Cc3ccc(OC)cc32)c1. The molecule has 0 bridgehead atoms. The van der Waals surface area contributed by atoms with Crippen LogP contribution in [-0.4, -0.2) is 33.8 Å². The molecule has 5 heteroatoms. The monoisotopic (exact) mass is 341 g/mol. The smallest absolute Gasteiger partial charge is 0.258 e. The molecule has 0 N–H and O–H groups in total. The fourth-order valence-corrected chi connectivity index (χ4v) is 3.22. The first-order chi connectivity index (χ1) is 12.0. The first kappa shape index (κ1) is 17.1. The van der Waals surface area contributed by atoms with Crippen LogP contribution in [0.25, 0.3) is 0 Å². The van der Waals surface area contributed by atoms with Gasteiger partial charge in [-0.05, 0) is 36.1 Å². The lowest BCUT2D eigenvalue weighted by molar-refractivity contribution is 0.0980. The second-order valence-corrected chi connectivity index (χ2v) is 6.32. The van der Waals surface area contributed by atoms with Crippen molar-refractivity contribution in [3.05, 3.63) is 47.5 Å². The third-order valence-corrected chi connectivity index (χ3v) is 4.49. The molecule has 2 aromatic carbocycles. The molecule has 0 saturated carbocycles. The normalized spacial score (nSPS) is 16.2. The van der Waals surface area contributed by atoms with Crippen LogP contribution in [0, 0.1) is 5.92 Å². The summed E-state index contributed by atoms with van der Waals surface area (Å²) < 4.78 is 15.9. The molecule has 0 fully saturated rings. The summed E-state index contributed by atoms with van der Waals surface area (Å²) in [5.41, 5.74) is 2.60. The van der Waals surface area contributed by atoms with Crippen LogP contribution in [0.4, 0.5) is 5.69 Å². The number of hydrogen-bond donors (Lipinski definition) is 0. The quantitative estimate of drug-likeness (QED) is 0.853. The second kappa shape index (κ2) is 7.05. The predicted octanol–water partition coefficient (Wildman–Crippen LogP) is 3.55. The summed E-state index contributed by atoms with van der Waals surface area (Å²) in [6.45, 7) is 2.82. The minimum absolute atomic E-state index is 0.0711. The van der Waals surface area contributed by atoms with Gasteiger partial charge < -0.3 is 19.1 Å². The maximum Gasteiger partial charge on any atom is 0.258 e. The van der Waals surface area contributed by atoms with E-state index in [0.29, 0.717) is 29.5 Å². The Bertz CT molecular complexity index is 765. The van der Waals surface area contributed by atoms with Crippen LogP contribution in [-0.2, 0) is 6.42 Å². The fourth-order valence-electron chi connectivity index (χ4n) is 3.22. The van der Waals surface area contributed by atoms with Crippen LogP contribution >= 0.6 is 0 Å². The lowest BCUT2D eigenvalue weighted by Crippen LogP contribution is -2.39. The van der Waals surface area contributed by atoms with Gasteiger partial charge in [-0.25, -0.2) is 0 Å². The zero-order valence-electron chi connectivity index (χ0n) is 15.0. The number of ether oxygens (including phenoxy) is 3. The van der Waals surface area contributed by atoms with Crippen molar-refractivity contribution in [3.8, 4) is 17.2 Å². The number of carbonyl (C=O) groups is 1.